The summed E-state index contributed by atoms with van der Waals surface area (Å²) in [6, 6.07) is 1.53. The zero-order chi connectivity index (χ0) is 7.84. The summed E-state index contributed by atoms with van der Waals surface area (Å²) in [6.07, 6.45) is 6.43. The van der Waals surface area contributed by atoms with Gasteiger partial charge in [0, 0.05) is 18.6 Å². The number of nitrogens with zero attached hydrogens (tertiary/aromatic N) is 1. The van der Waals surface area contributed by atoms with Crippen molar-refractivity contribution >= 4 is 0 Å². The monoisotopic (exact) mass is 151 g/mol. The van der Waals surface area contributed by atoms with Crippen molar-refractivity contribution in [2.24, 2.45) is 5.92 Å². The van der Waals surface area contributed by atoms with Crippen LogP contribution in [0.5, 0.6) is 0 Å². The van der Waals surface area contributed by atoms with Crippen LogP contribution >= 0.6 is 0 Å². The smallest absolute Gasteiger partial charge is 0.0250 e. The SMILES string of the molecule is C=CC(C)N1CC2CCCC21. The second-order valence-electron chi connectivity index (χ2n) is 3.93. The lowest BCUT2D eigenvalue weighted by Gasteiger charge is -2.47. The van der Waals surface area contributed by atoms with Gasteiger partial charge >= 0.3 is 0 Å². The van der Waals surface area contributed by atoms with E-state index in [4.69, 9.17) is 0 Å². The zero-order valence-electron chi connectivity index (χ0n) is 7.29. The first-order valence-electron chi connectivity index (χ1n) is 4.71. The molecule has 1 aliphatic heterocycles. The molecule has 11 heavy (non-hydrogen) atoms. The molecule has 2 aliphatic rings. The molecule has 0 amide bonds. The quantitative estimate of drug-likeness (QED) is 0.546. The van der Waals surface area contributed by atoms with Crippen molar-refractivity contribution in [3.8, 4) is 0 Å². The molecule has 3 atom stereocenters. The summed E-state index contributed by atoms with van der Waals surface area (Å²) < 4.78 is 0. The minimum atomic E-state index is 0.606. The molecule has 0 bridgehead atoms. The zero-order valence-corrected chi connectivity index (χ0v) is 7.29. The Kier molecular flexibility index (Phi) is 1.76. The molecule has 0 spiro atoms. The fourth-order valence-corrected chi connectivity index (χ4v) is 2.54. The van der Waals surface area contributed by atoms with E-state index in [-0.39, 0.29) is 0 Å². The molecule has 0 aromatic rings. The first kappa shape index (κ1) is 7.35. The van der Waals surface area contributed by atoms with Crippen LogP contribution in [0.1, 0.15) is 26.2 Å². The molecule has 0 radical (unpaired) electrons. The molecule has 0 aromatic carbocycles. The molecule has 3 unspecified atom stereocenters. The predicted molar refractivity (Wildman–Crippen MR) is 47.5 cm³/mol. The highest BCUT2D eigenvalue weighted by molar-refractivity contribution is 5.01. The van der Waals surface area contributed by atoms with E-state index >= 15 is 0 Å². The Bertz CT molecular complexity index is 164. The maximum Gasteiger partial charge on any atom is 0.0250 e. The molecular formula is C10H17N. The van der Waals surface area contributed by atoms with Crippen molar-refractivity contribution in [2.75, 3.05) is 6.54 Å². The highest BCUT2D eigenvalue weighted by Gasteiger charge is 2.42. The first-order valence-corrected chi connectivity index (χ1v) is 4.71. The van der Waals surface area contributed by atoms with E-state index in [0.717, 1.165) is 12.0 Å². The Balaban J connectivity index is 1.94. The standard InChI is InChI=1S/C10H17N/c1-3-8(2)11-7-9-5-4-6-10(9)11/h3,8-10H,1,4-7H2,2H3. The highest BCUT2D eigenvalue weighted by atomic mass is 15.3. The van der Waals surface area contributed by atoms with Crippen LogP contribution in [0.2, 0.25) is 0 Å². The van der Waals surface area contributed by atoms with Gasteiger partial charge in [0.25, 0.3) is 0 Å². The van der Waals surface area contributed by atoms with Gasteiger partial charge in [0.15, 0.2) is 0 Å². The Hall–Kier alpha value is -0.300. The van der Waals surface area contributed by atoms with E-state index < -0.39 is 0 Å². The fourth-order valence-electron chi connectivity index (χ4n) is 2.54. The van der Waals surface area contributed by atoms with Gasteiger partial charge in [-0.15, -0.1) is 6.58 Å². The molecule has 1 nitrogen and oxygen atoms in total. The normalized spacial score (nSPS) is 39.4. The van der Waals surface area contributed by atoms with Gasteiger partial charge in [0.1, 0.15) is 0 Å². The Morgan fingerprint density at radius 1 is 1.55 bits per heavy atom. The molecule has 1 heterocycles. The molecule has 2 fully saturated rings. The van der Waals surface area contributed by atoms with Crippen LogP contribution < -0.4 is 0 Å². The third-order valence-electron chi connectivity index (χ3n) is 3.35. The van der Waals surface area contributed by atoms with E-state index in [1.165, 1.54) is 25.8 Å². The Morgan fingerprint density at radius 3 is 3.00 bits per heavy atom. The van der Waals surface area contributed by atoms with Gasteiger partial charge in [0.2, 0.25) is 0 Å². The van der Waals surface area contributed by atoms with Crippen molar-refractivity contribution in [3.05, 3.63) is 12.7 Å². The number of hydrogen-bond donors (Lipinski definition) is 0. The molecule has 1 saturated heterocycles. The van der Waals surface area contributed by atoms with Crippen LogP contribution in [0.25, 0.3) is 0 Å². The Morgan fingerprint density at radius 2 is 2.36 bits per heavy atom. The maximum atomic E-state index is 3.84. The lowest BCUT2D eigenvalue weighted by Crippen LogP contribution is -2.56. The lowest BCUT2D eigenvalue weighted by molar-refractivity contribution is 0.0194. The van der Waals surface area contributed by atoms with Crippen molar-refractivity contribution < 1.29 is 0 Å². The highest BCUT2D eigenvalue weighted by Crippen LogP contribution is 2.39. The van der Waals surface area contributed by atoms with Crippen LogP contribution in [0.3, 0.4) is 0 Å². The van der Waals surface area contributed by atoms with Gasteiger partial charge in [-0.2, -0.15) is 0 Å². The molecule has 62 valence electrons. The average molecular weight is 151 g/mol. The van der Waals surface area contributed by atoms with Crippen LogP contribution in [-0.4, -0.2) is 23.5 Å². The topological polar surface area (TPSA) is 3.24 Å². The summed E-state index contributed by atoms with van der Waals surface area (Å²) in [5.74, 6) is 1.04. The summed E-state index contributed by atoms with van der Waals surface area (Å²) in [7, 11) is 0. The second-order valence-corrected chi connectivity index (χ2v) is 3.93. The molecule has 1 heteroatoms. The van der Waals surface area contributed by atoms with E-state index in [1.807, 2.05) is 0 Å². The van der Waals surface area contributed by atoms with Crippen LogP contribution in [-0.2, 0) is 0 Å². The van der Waals surface area contributed by atoms with E-state index in [0.29, 0.717) is 6.04 Å². The summed E-state index contributed by atoms with van der Waals surface area (Å²) in [6.45, 7) is 7.42. The van der Waals surface area contributed by atoms with Crippen LogP contribution in [0.15, 0.2) is 12.7 Å². The first-order chi connectivity index (χ1) is 5.33. The average Bonchev–Trinajstić information content (AvgIpc) is 2.32. The number of rotatable bonds is 2. The third kappa shape index (κ3) is 1.02. The van der Waals surface area contributed by atoms with Gasteiger partial charge in [-0.3, -0.25) is 4.90 Å². The molecule has 0 aromatic heterocycles. The van der Waals surface area contributed by atoms with Crippen LogP contribution in [0.4, 0.5) is 0 Å². The lowest BCUT2D eigenvalue weighted by atomic mass is 9.90. The van der Waals surface area contributed by atoms with Gasteiger partial charge in [-0.25, -0.2) is 0 Å². The summed E-state index contributed by atoms with van der Waals surface area (Å²) in [5, 5.41) is 0. The number of hydrogen-bond acceptors (Lipinski definition) is 1. The summed E-state index contributed by atoms with van der Waals surface area (Å²) in [5.41, 5.74) is 0. The van der Waals surface area contributed by atoms with Crippen molar-refractivity contribution in [1.82, 2.24) is 4.90 Å². The van der Waals surface area contributed by atoms with Crippen molar-refractivity contribution in [1.29, 1.82) is 0 Å². The van der Waals surface area contributed by atoms with Gasteiger partial charge in [0.05, 0.1) is 0 Å². The van der Waals surface area contributed by atoms with E-state index in [1.54, 1.807) is 0 Å². The molecule has 1 aliphatic carbocycles. The van der Waals surface area contributed by atoms with E-state index in [9.17, 15) is 0 Å². The summed E-state index contributed by atoms with van der Waals surface area (Å²) in [4.78, 5) is 2.59. The molecular weight excluding hydrogens is 134 g/mol. The van der Waals surface area contributed by atoms with E-state index in [2.05, 4.69) is 24.5 Å². The van der Waals surface area contributed by atoms with Gasteiger partial charge in [-0.05, 0) is 25.7 Å². The molecule has 1 saturated carbocycles. The Labute approximate surface area is 69.1 Å². The second kappa shape index (κ2) is 2.63. The minimum absolute atomic E-state index is 0.606. The predicted octanol–water partition coefficient (Wildman–Crippen LogP) is 2.05. The number of fused-ring (bicyclic) bond motifs is 1. The minimum Gasteiger partial charge on any atom is -0.294 e. The largest absolute Gasteiger partial charge is 0.294 e. The van der Waals surface area contributed by atoms with Crippen molar-refractivity contribution in [3.63, 3.8) is 0 Å². The maximum absolute atomic E-state index is 3.84. The third-order valence-corrected chi connectivity index (χ3v) is 3.35. The van der Waals surface area contributed by atoms with Gasteiger partial charge in [-0.1, -0.05) is 12.5 Å². The summed E-state index contributed by atoms with van der Waals surface area (Å²) >= 11 is 0. The molecule has 2 rings (SSSR count). The molecule has 0 N–H and O–H groups in total. The fraction of sp³-hybridized carbons (Fsp3) is 0.800. The van der Waals surface area contributed by atoms with Crippen molar-refractivity contribution in [2.45, 2.75) is 38.3 Å². The number of likely N-dealkylation sites (tertiary alicyclic amines) is 1. The van der Waals surface area contributed by atoms with Gasteiger partial charge < -0.3 is 0 Å². The van der Waals surface area contributed by atoms with Crippen LogP contribution in [0, 0.1) is 5.92 Å².